The number of benzene rings is 2. The summed E-state index contributed by atoms with van der Waals surface area (Å²) in [4.78, 5) is 81.4. The van der Waals surface area contributed by atoms with Crippen molar-refractivity contribution in [3.05, 3.63) is 81.7 Å². The molecule has 7 rings (SSSR count). The van der Waals surface area contributed by atoms with Crippen LogP contribution in [0.3, 0.4) is 0 Å². The van der Waals surface area contributed by atoms with Crippen LogP contribution in [0.5, 0.6) is 17.2 Å². The average molecular weight is 787 g/mol. The molecule has 2 aromatic carbocycles. The second-order valence-electron chi connectivity index (χ2n) is 14.7. The van der Waals surface area contributed by atoms with Gasteiger partial charge in [0.05, 0.1) is 42.0 Å². The summed E-state index contributed by atoms with van der Waals surface area (Å²) in [7, 11) is 1.36. The van der Waals surface area contributed by atoms with Gasteiger partial charge in [-0.1, -0.05) is 12.1 Å². The number of phenols is 2. The molecule has 3 amide bonds. The third kappa shape index (κ3) is 7.84. The van der Waals surface area contributed by atoms with Gasteiger partial charge in [0.25, 0.3) is 5.91 Å². The topological polar surface area (TPSA) is 242 Å². The molecule has 16 nitrogen and oxygen atoms in total. The number of hydrogen-bond donors (Lipinski definition) is 6. The summed E-state index contributed by atoms with van der Waals surface area (Å²) in [6, 6.07) is 5.90. The molecule has 2 aliphatic heterocycles. The first kappa shape index (κ1) is 40.9. The number of aromatic hydroxyl groups is 2. The molecule has 0 radical (unpaired) electrons. The fourth-order valence-corrected chi connectivity index (χ4v) is 8.02. The molecule has 3 heterocycles. The van der Waals surface area contributed by atoms with E-state index in [1.54, 1.807) is 32.0 Å². The molecule has 1 unspecified atom stereocenters. The SMILES string of the molecule is COc1cccc2c1C(=O)c1c(O)c3c(c(O)c1C2=O)CC(C(C)=O)C[C@@H]3O.C[C@@H]1OCC[C@H](NC(=O)[C@@H]2CCCN2C(=O)[C@@H](C)NC(=O)c2ccncc2)[C@@H]1O. The van der Waals surface area contributed by atoms with E-state index in [4.69, 9.17) is 9.47 Å². The molecule has 4 aliphatic rings. The number of phenolic OH excluding ortho intramolecular Hbond substituents is 2. The number of ether oxygens (including phenoxy) is 2. The number of methoxy groups -OCH3 is 1. The Labute approximate surface area is 328 Å². The molecule has 1 aromatic heterocycles. The minimum Gasteiger partial charge on any atom is -0.507 e. The number of aliphatic hydroxyl groups excluding tert-OH is 2. The van der Waals surface area contributed by atoms with E-state index in [-0.39, 0.29) is 81.6 Å². The molecule has 2 fully saturated rings. The number of likely N-dealkylation sites (tertiary alicyclic amines) is 1. The van der Waals surface area contributed by atoms with Gasteiger partial charge in [0.1, 0.15) is 41.2 Å². The summed E-state index contributed by atoms with van der Waals surface area (Å²) in [6.07, 6.45) is 2.57. The smallest absolute Gasteiger partial charge is 0.252 e. The Morgan fingerprint density at radius 1 is 0.982 bits per heavy atom. The average Bonchev–Trinajstić information content (AvgIpc) is 3.70. The first-order valence-corrected chi connectivity index (χ1v) is 18.8. The fourth-order valence-electron chi connectivity index (χ4n) is 8.02. The van der Waals surface area contributed by atoms with Gasteiger partial charge in [0.15, 0.2) is 5.78 Å². The number of carbonyl (C=O) groups excluding carboxylic acids is 6. The molecule has 2 aliphatic carbocycles. The van der Waals surface area contributed by atoms with Gasteiger partial charge < -0.3 is 45.4 Å². The van der Waals surface area contributed by atoms with Gasteiger partial charge in [-0.25, -0.2) is 0 Å². The van der Waals surface area contributed by atoms with Crippen LogP contribution >= 0.6 is 0 Å². The predicted molar refractivity (Wildman–Crippen MR) is 201 cm³/mol. The van der Waals surface area contributed by atoms with Crippen LogP contribution in [0.25, 0.3) is 0 Å². The molecule has 16 heteroatoms. The van der Waals surface area contributed by atoms with Crippen molar-refractivity contribution in [3.63, 3.8) is 0 Å². The van der Waals surface area contributed by atoms with E-state index in [0.717, 1.165) is 0 Å². The van der Waals surface area contributed by atoms with Crippen molar-refractivity contribution in [1.82, 2.24) is 20.5 Å². The third-order valence-corrected chi connectivity index (χ3v) is 11.2. The van der Waals surface area contributed by atoms with Crippen molar-refractivity contribution < 1.29 is 58.7 Å². The van der Waals surface area contributed by atoms with Crippen LogP contribution in [0, 0.1) is 5.92 Å². The lowest BCUT2D eigenvalue weighted by Crippen LogP contribution is -2.57. The van der Waals surface area contributed by atoms with Crippen molar-refractivity contribution in [2.45, 2.75) is 89.3 Å². The Morgan fingerprint density at radius 2 is 1.68 bits per heavy atom. The number of rotatable bonds is 7. The highest BCUT2D eigenvalue weighted by molar-refractivity contribution is 6.31. The Kier molecular flexibility index (Phi) is 12.1. The zero-order valence-electron chi connectivity index (χ0n) is 32.0. The lowest BCUT2D eigenvalue weighted by atomic mass is 9.74. The molecule has 7 atom stereocenters. The van der Waals surface area contributed by atoms with Crippen LogP contribution in [-0.4, -0.2) is 116 Å². The summed E-state index contributed by atoms with van der Waals surface area (Å²) < 4.78 is 10.6. The maximum absolute atomic E-state index is 13.1. The van der Waals surface area contributed by atoms with E-state index in [1.807, 2.05) is 0 Å². The second-order valence-corrected chi connectivity index (χ2v) is 14.7. The minimum atomic E-state index is -1.24. The van der Waals surface area contributed by atoms with Crippen molar-refractivity contribution >= 4 is 35.1 Å². The van der Waals surface area contributed by atoms with Crippen molar-refractivity contribution in [3.8, 4) is 17.2 Å². The Bertz CT molecular complexity index is 2110. The van der Waals surface area contributed by atoms with Crippen LogP contribution in [0.4, 0.5) is 0 Å². The predicted octanol–water partition coefficient (Wildman–Crippen LogP) is 1.91. The number of amides is 3. The molecule has 0 saturated carbocycles. The molecular weight excluding hydrogens is 740 g/mol. The molecule has 302 valence electrons. The summed E-state index contributed by atoms with van der Waals surface area (Å²) in [5.41, 5.74) is -0.0547. The highest BCUT2D eigenvalue weighted by atomic mass is 16.5. The van der Waals surface area contributed by atoms with E-state index in [1.165, 1.54) is 43.5 Å². The molecular formula is C41H46N4O12. The van der Waals surface area contributed by atoms with Crippen LogP contribution in [0.15, 0.2) is 42.7 Å². The number of nitrogens with one attached hydrogen (secondary N) is 2. The molecule has 3 aromatic rings. The van der Waals surface area contributed by atoms with Crippen molar-refractivity contribution in [1.29, 1.82) is 0 Å². The standard InChI is InChI=1S/C21H18O7.C20H28N4O5/c1-8(22)9-6-11-14(12(23)7-9)20(26)17-16(19(11)25)18(24)10-4-3-5-13(28-2)15(10)21(17)27;1-12(22-18(26)14-5-8-21-9-6-14)20(28)24-10-3-4-16(24)19(27)23-15-7-11-29-13(2)17(15)25/h3-5,9,12,23,25-26H,6-7H2,1-2H3;5-6,8-9,12-13,15-17,25H,3-4,7,10-11H2,1-2H3,(H,22,26)(H,23,27)/t9?,12-;12-,13+,15+,16+,17-/m01/s1. The number of fused-ring (bicyclic) bond motifs is 3. The molecule has 6 N–H and O–H groups in total. The van der Waals surface area contributed by atoms with Crippen molar-refractivity contribution in [2.75, 3.05) is 20.3 Å². The van der Waals surface area contributed by atoms with E-state index in [2.05, 4.69) is 15.6 Å². The number of aromatic nitrogens is 1. The van der Waals surface area contributed by atoms with Gasteiger partial charge in [-0.05, 0) is 71.1 Å². The quantitative estimate of drug-likeness (QED) is 0.147. The van der Waals surface area contributed by atoms with E-state index in [9.17, 15) is 49.2 Å². The van der Waals surface area contributed by atoms with Gasteiger partial charge >= 0.3 is 0 Å². The number of nitrogens with zero attached hydrogens (tertiary/aromatic N) is 2. The Hall–Kier alpha value is -5.71. The molecule has 0 spiro atoms. The number of Topliss-reactive ketones (excluding diaryl/α,β-unsaturated/α-hetero) is 1. The zero-order chi connectivity index (χ0) is 41.3. The van der Waals surface area contributed by atoms with E-state index in [0.29, 0.717) is 38.0 Å². The van der Waals surface area contributed by atoms with Gasteiger partial charge in [-0.3, -0.25) is 33.8 Å². The lowest BCUT2D eigenvalue weighted by Gasteiger charge is -2.35. The second kappa shape index (κ2) is 16.8. The highest BCUT2D eigenvalue weighted by Gasteiger charge is 2.43. The summed E-state index contributed by atoms with van der Waals surface area (Å²) in [6.45, 7) is 5.68. The Morgan fingerprint density at radius 3 is 2.37 bits per heavy atom. The zero-order valence-corrected chi connectivity index (χ0v) is 32.0. The molecule has 2 saturated heterocycles. The van der Waals surface area contributed by atoms with Crippen LogP contribution in [0.1, 0.15) is 106 Å². The Balaban J connectivity index is 0.000000193. The van der Waals surface area contributed by atoms with Gasteiger partial charge in [-0.15, -0.1) is 0 Å². The highest BCUT2D eigenvalue weighted by Crippen LogP contribution is 2.50. The molecule has 0 bridgehead atoms. The normalized spacial score (nSPS) is 24.1. The van der Waals surface area contributed by atoms with E-state index < -0.39 is 59.3 Å². The minimum absolute atomic E-state index is 0.00376. The van der Waals surface area contributed by atoms with E-state index >= 15 is 0 Å². The monoisotopic (exact) mass is 786 g/mol. The number of ketones is 3. The van der Waals surface area contributed by atoms with Crippen molar-refractivity contribution in [2.24, 2.45) is 5.92 Å². The number of carbonyl (C=O) groups is 6. The van der Waals surface area contributed by atoms with Crippen LogP contribution in [0.2, 0.25) is 0 Å². The van der Waals surface area contributed by atoms with Gasteiger partial charge in [0, 0.05) is 53.7 Å². The van der Waals surface area contributed by atoms with Gasteiger partial charge in [0.2, 0.25) is 17.6 Å². The fraction of sp³-hybridized carbons (Fsp3) is 0.439. The van der Waals surface area contributed by atoms with Crippen LogP contribution in [-0.2, 0) is 25.5 Å². The van der Waals surface area contributed by atoms with Gasteiger partial charge in [-0.2, -0.15) is 0 Å². The summed E-state index contributed by atoms with van der Waals surface area (Å²) >= 11 is 0. The largest absolute Gasteiger partial charge is 0.507 e. The first-order valence-electron chi connectivity index (χ1n) is 18.8. The number of aliphatic hydroxyl groups is 2. The van der Waals surface area contributed by atoms with Crippen LogP contribution < -0.4 is 15.4 Å². The maximum Gasteiger partial charge on any atom is 0.252 e. The summed E-state index contributed by atoms with van der Waals surface area (Å²) in [5.74, 6) is -3.79. The maximum atomic E-state index is 13.1. The molecule has 57 heavy (non-hydrogen) atoms. The third-order valence-electron chi connectivity index (χ3n) is 11.2. The first-order chi connectivity index (χ1) is 27.2. The summed E-state index contributed by atoms with van der Waals surface area (Å²) in [5, 5.41) is 47.9. The number of hydrogen-bond acceptors (Lipinski definition) is 13. The number of pyridine rings is 1. The lowest BCUT2D eigenvalue weighted by molar-refractivity contribution is -0.141.